The molecule has 0 aliphatic heterocycles. The minimum atomic E-state index is -0.600. The first-order valence-electron chi connectivity index (χ1n) is 7.84. The fourth-order valence-electron chi connectivity index (χ4n) is 2.29. The lowest BCUT2D eigenvalue weighted by Gasteiger charge is -2.31. The highest BCUT2D eigenvalue weighted by Gasteiger charge is 2.32. The lowest BCUT2D eigenvalue weighted by Crippen LogP contribution is -2.50. The zero-order valence-electron chi connectivity index (χ0n) is 15.5. The fraction of sp³-hybridized carbons (Fsp3) is 0.812. The lowest BCUT2D eigenvalue weighted by molar-refractivity contribution is -0.139. The topological polar surface area (TPSA) is 87.7 Å². The van der Waals surface area contributed by atoms with Crippen LogP contribution in [0.1, 0.15) is 41.5 Å². The SMILES string of the molecule is CNC(=O)CN(C)C(=O)[C@H](C(C)C)[C@H](C)NC(=O)OC(C)(C)C. The summed E-state index contributed by atoms with van der Waals surface area (Å²) in [6.45, 7) is 10.9. The van der Waals surface area contributed by atoms with Crippen molar-refractivity contribution >= 4 is 17.9 Å². The predicted octanol–water partition coefficient (Wildman–Crippen LogP) is 1.38. The molecule has 23 heavy (non-hydrogen) atoms. The number of nitrogens with one attached hydrogen (secondary N) is 2. The van der Waals surface area contributed by atoms with Crippen molar-refractivity contribution in [3.05, 3.63) is 0 Å². The van der Waals surface area contributed by atoms with E-state index in [1.165, 1.54) is 11.9 Å². The summed E-state index contributed by atoms with van der Waals surface area (Å²) in [7, 11) is 3.10. The predicted molar refractivity (Wildman–Crippen MR) is 88.9 cm³/mol. The Bertz CT molecular complexity index is 430. The molecule has 0 aromatic heterocycles. The van der Waals surface area contributed by atoms with Crippen LogP contribution < -0.4 is 10.6 Å². The van der Waals surface area contributed by atoms with Gasteiger partial charge in [0.25, 0.3) is 0 Å². The van der Waals surface area contributed by atoms with E-state index in [0.29, 0.717) is 0 Å². The van der Waals surface area contributed by atoms with Gasteiger partial charge in [0.15, 0.2) is 0 Å². The first-order chi connectivity index (χ1) is 10.4. The zero-order valence-corrected chi connectivity index (χ0v) is 15.5. The number of hydrogen-bond donors (Lipinski definition) is 2. The summed E-state index contributed by atoms with van der Waals surface area (Å²) in [5.74, 6) is -0.875. The van der Waals surface area contributed by atoms with Crippen LogP contribution in [0.4, 0.5) is 4.79 Å². The second-order valence-electron chi connectivity index (χ2n) is 7.07. The molecule has 0 bridgehead atoms. The Morgan fingerprint density at radius 2 is 1.65 bits per heavy atom. The number of hydrogen-bond acceptors (Lipinski definition) is 4. The van der Waals surface area contributed by atoms with Crippen LogP contribution in [0, 0.1) is 11.8 Å². The van der Waals surface area contributed by atoms with E-state index in [1.54, 1.807) is 34.7 Å². The van der Waals surface area contributed by atoms with E-state index >= 15 is 0 Å². The third-order valence-corrected chi connectivity index (χ3v) is 3.32. The minimum Gasteiger partial charge on any atom is -0.444 e. The quantitative estimate of drug-likeness (QED) is 0.770. The van der Waals surface area contributed by atoms with Crippen LogP contribution in [0.2, 0.25) is 0 Å². The first kappa shape index (κ1) is 21.2. The number of likely N-dealkylation sites (N-methyl/N-ethyl adjacent to an activating group) is 2. The second kappa shape index (κ2) is 8.74. The van der Waals surface area contributed by atoms with E-state index < -0.39 is 23.7 Å². The van der Waals surface area contributed by atoms with E-state index in [9.17, 15) is 14.4 Å². The van der Waals surface area contributed by atoms with Crippen molar-refractivity contribution in [1.82, 2.24) is 15.5 Å². The number of nitrogens with zero attached hydrogens (tertiary/aromatic N) is 1. The smallest absolute Gasteiger partial charge is 0.407 e. The molecule has 0 aliphatic carbocycles. The van der Waals surface area contributed by atoms with Gasteiger partial charge in [0.05, 0.1) is 12.5 Å². The van der Waals surface area contributed by atoms with Crippen molar-refractivity contribution in [3.8, 4) is 0 Å². The summed E-state index contributed by atoms with van der Waals surface area (Å²) in [4.78, 5) is 37.3. The molecule has 0 spiro atoms. The molecule has 0 rings (SSSR count). The van der Waals surface area contributed by atoms with Crippen LogP contribution in [0.25, 0.3) is 0 Å². The van der Waals surface area contributed by atoms with Crippen LogP contribution in [-0.2, 0) is 14.3 Å². The number of alkyl carbamates (subject to hydrolysis) is 1. The summed E-state index contributed by atoms with van der Waals surface area (Å²) in [5.41, 5.74) is -0.600. The highest BCUT2D eigenvalue weighted by atomic mass is 16.6. The fourth-order valence-corrected chi connectivity index (χ4v) is 2.29. The molecule has 2 atom stereocenters. The van der Waals surface area contributed by atoms with Gasteiger partial charge in [-0.25, -0.2) is 4.79 Å². The number of ether oxygens (including phenoxy) is 1. The van der Waals surface area contributed by atoms with Crippen molar-refractivity contribution in [2.45, 2.75) is 53.2 Å². The maximum atomic E-state index is 12.6. The van der Waals surface area contributed by atoms with Gasteiger partial charge in [-0.05, 0) is 33.6 Å². The Morgan fingerprint density at radius 1 is 1.13 bits per heavy atom. The van der Waals surface area contributed by atoms with Gasteiger partial charge in [-0.2, -0.15) is 0 Å². The number of carbonyl (C=O) groups excluding carboxylic acids is 3. The van der Waals surface area contributed by atoms with Gasteiger partial charge in [0.2, 0.25) is 11.8 Å². The largest absolute Gasteiger partial charge is 0.444 e. The third kappa shape index (κ3) is 7.85. The molecule has 2 N–H and O–H groups in total. The van der Waals surface area contributed by atoms with Crippen molar-refractivity contribution in [3.63, 3.8) is 0 Å². The maximum Gasteiger partial charge on any atom is 0.407 e. The minimum absolute atomic E-state index is 0.000394. The van der Waals surface area contributed by atoms with Crippen LogP contribution in [-0.4, -0.2) is 55.1 Å². The molecule has 0 saturated heterocycles. The van der Waals surface area contributed by atoms with Crippen LogP contribution >= 0.6 is 0 Å². The molecule has 0 aromatic carbocycles. The van der Waals surface area contributed by atoms with Crippen LogP contribution in [0.15, 0.2) is 0 Å². The van der Waals surface area contributed by atoms with Gasteiger partial charge in [0, 0.05) is 20.1 Å². The molecule has 0 aromatic rings. The second-order valence-corrected chi connectivity index (χ2v) is 7.07. The van der Waals surface area contributed by atoms with E-state index in [-0.39, 0.29) is 24.3 Å². The molecular weight excluding hydrogens is 298 g/mol. The average molecular weight is 329 g/mol. The van der Waals surface area contributed by atoms with Crippen molar-refractivity contribution < 1.29 is 19.1 Å². The highest BCUT2D eigenvalue weighted by Crippen LogP contribution is 2.19. The third-order valence-electron chi connectivity index (χ3n) is 3.32. The van der Waals surface area contributed by atoms with Crippen molar-refractivity contribution in [1.29, 1.82) is 0 Å². The molecule has 0 fully saturated rings. The van der Waals surface area contributed by atoms with Gasteiger partial charge in [0.1, 0.15) is 5.60 Å². The Labute approximate surface area is 139 Å². The summed E-state index contributed by atoms with van der Waals surface area (Å²) >= 11 is 0. The first-order valence-corrected chi connectivity index (χ1v) is 7.84. The normalized spacial score (nSPS) is 14.0. The zero-order chi connectivity index (χ0) is 18.4. The average Bonchev–Trinajstić information content (AvgIpc) is 2.35. The number of carbonyl (C=O) groups is 3. The Hall–Kier alpha value is -1.79. The summed E-state index contributed by atoms with van der Waals surface area (Å²) < 4.78 is 5.22. The van der Waals surface area contributed by atoms with Gasteiger partial charge in [-0.3, -0.25) is 9.59 Å². The van der Waals surface area contributed by atoms with Crippen molar-refractivity contribution in [2.75, 3.05) is 20.6 Å². The molecule has 0 saturated carbocycles. The molecule has 0 aliphatic rings. The molecule has 3 amide bonds. The van der Waals surface area contributed by atoms with Crippen molar-refractivity contribution in [2.24, 2.45) is 11.8 Å². The Balaban J connectivity index is 4.92. The van der Waals surface area contributed by atoms with Gasteiger partial charge < -0.3 is 20.3 Å². The van der Waals surface area contributed by atoms with Crippen LogP contribution in [0.5, 0.6) is 0 Å². The molecule has 7 heteroatoms. The highest BCUT2D eigenvalue weighted by molar-refractivity contribution is 5.86. The Kier molecular flexibility index (Phi) is 8.06. The van der Waals surface area contributed by atoms with Gasteiger partial charge >= 0.3 is 6.09 Å². The molecule has 7 nitrogen and oxygen atoms in total. The number of amides is 3. The van der Waals surface area contributed by atoms with E-state index in [4.69, 9.17) is 4.74 Å². The van der Waals surface area contributed by atoms with E-state index in [0.717, 1.165) is 0 Å². The summed E-state index contributed by atoms with van der Waals surface area (Å²) in [6.07, 6.45) is -0.558. The van der Waals surface area contributed by atoms with E-state index in [1.807, 2.05) is 13.8 Å². The molecular formula is C16H31N3O4. The monoisotopic (exact) mass is 329 g/mol. The lowest BCUT2D eigenvalue weighted by atomic mass is 9.88. The van der Waals surface area contributed by atoms with Crippen LogP contribution in [0.3, 0.4) is 0 Å². The Morgan fingerprint density at radius 3 is 2.04 bits per heavy atom. The van der Waals surface area contributed by atoms with E-state index in [2.05, 4.69) is 10.6 Å². The molecule has 0 radical (unpaired) electrons. The summed E-state index contributed by atoms with van der Waals surface area (Å²) in [6, 6.07) is -0.413. The molecule has 134 valence electrons. The number of rotatable bonds is 6. The summed E-state index contributed by atoms with van der Waals surface area (Å²) in [5, 5.41) is 5.20. The van der Waals surface area contributed by atoms with Gasteiger partial charge in [-0.15, -0.1) is 0 Å². The van der Waals surface area contributed by atoms with Gasteiger partial charge in [-0.1, -0.05) is 13.8 Å². The maximum absolute atomic E-state index is 12.6. The molecule has 0 unspecified atom stereocenters. The molecule has 0 heterocycles. The standard InChI is InChI=1S/C16H31N3O4/c1-10(2)13(14(21)19(8)9-12(20)17-7)11(3)18-15(22)23-16(4,5)6/h10-11,13H,9H2,1-8H3,(H,17,20)(H,18,22)/t11-,13+/m0/s1.